The average molecular weight is 409 g/mol. The van der Waals surface area contributed by atoms with E-state index in [4.69, 9.17) is 4.42 Å². The lowest BCUT2D eigenvalue weighted by molar-refractivity contribution is -0.402. The van der Waals surface area contributed by atoms with Crippen LogP contribution in [0.1, 0.15) is 26.5 Å². The fourth-order valence-corrected chi connectivity index (χ4v) is 3.33. The first-order valence-electron chi connectivity index (χ1n) is 8.40. The Bertz CT molecular complexity index is 1070. The molecule has 0 aliphatic rings. The van der Waals surface area contributed by atoms with Gasteiger partial charge >= 0.3 is 11.9 Å². The van der Waals surface area contributed by atoms with Crippen LogP contribution in [0.4, 0.5) is 5.88 Å². The van der Waals surface area contributed by atoms with Gasteiger partial charge in [-0.25, -0.2) is 4.79 Å². The van der Waals surface area contributed by atoms with Gasteiger partial charge in [-0.15, -0.1) is 0 Å². The molecule has 0 unspecified atom stereocenters. The number of thioether (sulfide) groups is 1. The molecule has 0 radical (unpaired) electrons. The molecule has 0 spiro atoms. The summed E-state index contributed by atoms with van der Waals surface area (Å²) >= 11 is 1.16. The summed E-state index contributed by atoms with van der Waals surface area (Å²) in [6.07, 6.45) is 1.68. The first kappa shape index (κ1) is 20.1. The van der Waals surface area contributed by atoms with Gasteiger partial charge < -0.3 is 9.15 Å². The molecule has 0 amide bonds. The second-order valence-corrected chi connectivity index (χ2v) is 6.88. The zero-order chi connectivity index (χ0) is 20.8. The van der Waals surface area contributed by atoms with Gasteiger partial charge in [0.05, 0.1) is 23.6 Å². The molecule has 1 aromatic heterocycles. The number of benzene rings is 2. The maximum absolute atomic E-state index is 12.9. The van der Waals surface area contributed by atoms with Gasteiger partial charge in [0.1, 0.15) is 4.92 Å². The third kappa shape index (κ3) is 4.99. The van der Waals surface area contributed by atoms with Crippen molar-refractivity contribution in [2.45, 2.75) is 4.90 Å². The molecule has 3 aromatic rings. The Kier molecular flexibility index (Phi) is 6.25. The number of Topliss-reactive ketones (excluding diaryl/α,β-unsaturated/α-hetero) is 1. The molecule has 8 heteroatoms. The van der Waals surface area contributed by atoms with Gasteiger partial charge in [-0.1, -0.05) is 42.1 Å². The van der Waals surface area contributed by atoms with E-state index in [9.17, 15) is 19.7 Å². The number of methoxy groups -OCH3 is 1. The molecule has 29 heavy (non-hydrogen) atoms. The SMILES string of the molecule is COC(=O)c1ccc(S/C(=C\c2ccccc2)C(=O)c2ccc([N+](=O)[O-])o2)cc1. The third-order valence-electron chi connectivity index (χ3n) is 3.82. The Morgan fingerprint density at radius 3 is 2.31 bits per heavy atom. The highest BCUT2D eigenvalue weighted by Gasteiger charge is 2.21. The van der Waals surface area contributed by atoms with Crippen LogP contribution in [0.2, 0.25) is 0 Å². The standard InChI is InChI=1S/C21H15NO6S/c1-27-21(24)15-7-9-16(10-8-15)29-18(13-14-5-3-2-4-6-14)20(23)17-11-12-19(28-17)22(25)26/h2-13H,1H3/b18-13-. The quantitative estimate of drug-likeness (QED) is 0.135. The molecule has 0 saturated carbocycles. The van der Waals surface area contributed by atoms with E-state index in [1.54, 1.807) is 30.3 Å². The number of esters is 1. The van der Waals surface area contributed by atoms with Gasteiger partial charge in [-0.05, 0) is 42.0 Å². The number of rotatable bonds is 7. The van der Waals surface area contributed by atoms with Crippen molar-refractivity contribution in [2.24, 2.45) is 0 Å². The lowest BCUT2D eigenvalue weighted by Crippen LogP contribution is -2.01. The molecule has 0 atom stereocenters. The number of furan rings is 1. The number of ketones is 1. The highest BCUT2D eigenvalue weighted by molar-refractivity contribution is 8.04. The molecule has 146 valence electrons. The number of hydrogen-bond donors (Lipinski definition) is 0. The van der Waals surface area contributed by atoms with Crippen molar-refractivity contribution < 1.29 is 23.7 Å². The second kappa shape index (κ2) is 9.03. The number of ether oxygens (including phenoxy) is 1. The fraction of sp³-hybridized carbons (Fsp3) is 0.0476. The van der Waals surface area contributed by atoms with Crippen LogP contribution in [0.25, 0.3) is 6.08 Å². The minimum absolute atomic E-state index is 0.127. The van der Waals surface area contributed by atoms with E-state index >= 15 is 0 Å². The van der Waals surface area contributed by atoms with Gasteiger partial charge in [0.25, 0.3) is 0 Å². The Morgan fingerprint density at radius 2 is 1.72 bits per heavy atom. The number of nitro groups is 1. The first-order chi connectivity index (χ1) is 14.0. The summed E-state index contributed by atoms with van der Waals surface area (Å²) in [5.74, 6) is -1.57. The highest BCUT2D eigenvalue weighted by atomic mass is 32.2. The topological polar surface area (TPSA) is 99.7 Å². The Labute approximate surface area is 170 Å². The van der Waals surface area contributed by atoms with Crippen LogP contribution in [0.15, 0.2) is 80.9 Å². The largest absolute Gasteiger partial charge is 0.465 e. The van der Waals surface area contributed by atoms with Crippen LogP contribution in [-0.4, -0.2) is 23.8 Å². The number of allylic oxidation sites excluding steroid dienone is 1. The van der Waals surface area contributed by atoms with Gasteiger partial charge in [0.15, 0.2) is 5.76 Å². The van der Waals surface area contributed by atoms with Crippen molar-refractivity contribution in [2.75, 3.05) is 7.11 Å². The average Bonchev–Trinajstić information content (AvgIpc) is 3.24. The van der Waals surface area contributed by atoms with Crippen molar-refractivity contribution in [1.29, 1.82) is 0 Å². The second-order valence-electron chi connectivity index (χ2n) is 5.76. The van der Waals surface area contributed by atoms with Crippen molar-refractivity contribution in [1.82, 2.24) is 0 Å². The zero-order valence-electron chi connectivity index (χ0n) is 15.2. The number of hydrogen-bond acceptors (Lipinski definition) is 7. The van der Waals surface area contributed by atoms with Crippen LogP contribution < -0.4 is 0 Å². The molecule has 0 aliphatic heterocycles. The maximum atomic E-state index is 12.9. The van der Waals surface area contributed by atoms with E-state index in [0.29, 0.717) is 15.4 Å². The summed E-state index contributed by atoms with van der Waals surface area (Å²) in [6.45, 7) is 0. The summed E-state index contributed by atoms with van der Waals surface area (Å²) in [5.41, 5.74) is 1.18. The maximum Gasteiger partial charge on any atom is 0.433 e. The summed E-state index contributed by atoms with van der Waals surface area (Å²) in [7, 11) is 1.30. The van der Waals surface area contributed by atoms with E-state index in [2.05, 4.69) is 4.74 Å². The molecule has 0 saturated heterocycles. The fourth-order valence-electron chi connectivity index (χ4n) is 2.42. The summed E-state index contributed by atoms with van der Waals surface area (Å²) in [6, 6.07) is 18.2. The van der Waals surface area contributed by atoms with Crippen LogP contribution in [0.3, 0.4) is 0 Å². The van der Waals surface area contributed by atoms with Crippen molar-refractivity contribution in [3.63, 3.8) is 0 Å². The summed E-state index contributed by atoms with van der Waals surface area (Å²) in [5, 5.41) is 10.8. The van der Waals surface area contributed by atoms with Crippen LogP contribution in [0.5, 0.6) is 0 Å². The van der Waals surface area contributed by atoms with Crippen LogP contribution >= 0.6 is 11.8 Å². The van der Waals surface area contributed by atoms with Crippen molar-refractivity contribution >= 4 is 35.5 Å². The molecule has 0 aliphatic carbocycles. The molecule has 0 fully saturated rings. The smallest absolute Gasteiger partial charge is 0.433 e. The van der Waals surface area contributed by atoms with Gasteiger partial charge in [0, 0.05) is 4.90 Å². The highest BCUT2D eigenvalue weighted by Crippen LogP contribution is 2.32. The van der Waals surface area contributed by atoms with Crippen molar-refractivity contribution in [3.05, 3.63) is 98.6 Å². The molecular weight excluding hydrogens is 394 g/mol. The van der Waals surface area contributed by atoms with E-state index in [0.717, 1.165) is 23.4 Å². The van der Waals surface area contributed by atoms with Crippen LogP contribution in [0, 0.1) is 10.1 Å². The predicted molar refractivity (Wildman–Crippen MR) is 108 cm³/mol. The molecule has 3 rings (SSSR count). The molecule has 1 heterocycles. The molecule has 0 N–H and O–H groups in total. The van der Waals surface area contributed by atoms with Crippen LogP contribution in [-0.2, 0) is 4.74 Å². The Balaban J connectivity index is 1.93. The van der Waals surface area contributed by atoms with E-state index < -0.39 is 22.6 Å². The lowest BCUT2D eigenvalue weighted by Gasteiger charge is -2.06. The summed E-state index contributed by atoms with van der Waals surface area (Å²) in [4.78, 5) is 35.7. The normalized spacial score (nSPS) is 11.1. The molecular formula is C21H15NO6S. The van der Waals surface area contributed by atoms with Crippen molar-refractivity contribution in [3.8, 4) is 0 Å². The van der Waals surface area contributed by atoms with E-state index in [1.165, 1.54) is 13.2 Å². The Morgan fingerprint density at radius 1 is 1.03 bits per heavy atom. The zero-order valence-corrected chi connectivity index (χ0v) is 16.0. The number of carbonyl (C=O) groups is 2. The van der Waals surface area contributed by atoms with Gasteiger partial charge in [-0.3, -0.25) is 14.9 Å². The monoisotopic (exact) mass is 409 g/mol. The van der Waals surface area contributed by atoms with Gasteiger partial charge in [-0.2, -0.15) is 0 Å². The van der Waals surface area contributed by atoms with Gasteiger partial charge in [0.2, 0.25) is 5.78 Å². The number of carbonyl (C=O) groups excluding carboxylic acids is 2. The third-order valence-corrected chi connectivity index (χ3v) is 4.85. The van der Waals surface area contributed by atoms with E-state index in [1.807, 2.05) is 30.3 Å². The number of nitrogens with zero attached hydrogens (tertiary/aromatic N) is 1. The van der Waals surface area contributed by atoms with E-state index in [-0.39, 0.29) is 5.76 Å². The lowest BCUT2D eigenvalue weighted by atomic mass is 10.2. The molecule has 7 nitrogen and oxygen atoms in total. The Hall–Kier alpha value is -3.65. The predicted octanol–water partition coefficient (Wildman–Crippen LogP) is 4.99. The first-order valence-corrected chi connectivity index (χ1v) is 9.21. The summed E-state index contributed by atoms with van der Waals surface area (Å²) < 4.78 is 9.74. The molecule has 0 bridgehead atoms. The molecule has 2 aromatic carbocycles. The minimum atomic E-state index is -0.698. The minimum Gasteiger partial charge on any atom is -0.465 e.